The third-order valence-electron chi connectivity index (χ3n) is 0. The fraction of sp³-hybridized carbons (Fsp3) is 0. The average Bonchev–Trinajstić information content (AvgIpc) is 1.19. The van der Waals surface area contributed by atoms with Gasteiger partial charge in [0.1, 0.15) is 0 Å². The molecule has 23 heavy (non-hydrogen) atoms. The first-order valence-corrected chi connectivity index (χ1v) is 2.75. The average molecular weight is 429 g/mol. The number of carboxylic acid groups (broad SMARTS) is 2. The molecule has 160 valence electrons. The third-order valence-corrected chi connectivity index (χ3v) is 0. The Bertz CT molecular complexity index is 180. The molecule has 0 aromatic carbocycles. The minimum absolute atomic E-state index is 0. The van der Waals surface area contributed by atoms with Crippen LogP contribution in [0.2, 0.25) is 0 Å². The molecule has 0 fully saturated rings. The third kappa shape index (κ3) is 244000. The summed E-state index contributed by atoms with van der Waals surface area (Å²) < 4.78 is 31.6. The van der Waals surface area contributed by atoms with Crippen LogP contribution in [0, 0.1) is 0 Å². The maximum atomic E-state index is 8.74. The van der Waals surface area contributed by atoms with Crippen LogP contribution in [0.4, 0.5) is 4.79 Å². The molecule has 0 unspecified atom stereocenters. The van der Waals surface area contributed by atoms with Crippen molar-refractivity contribution in [3.63, 3.8) is 0 Å². The van der Waals surface area contributed by atoms with Gasteiger partial charge >= 0.3 is 62.7 Å². The monoisotopic (exact) mass is 428 g/mol. The van der Waals surface area contributed by atoms with Crippen LogP contribution in [0.3, 0.4) is 0 Å². The van der Waals surface area contributed by atoms with E-state index in [0.29, 0.717) is 0 Å². The second-order valence-corrected chi connectivity index (χ2v) is 1.63. The molecule has 0 radical (unpaired) electrons. The number of hydrogen-bond acceptors (Lipinski definition) is 3. The molecule has 0 aromatic heterocycles. The number of rotatable bonds is 0. The fourth-order valence-electron chi connectivity index (χ4n) is 0. The summed E-state index contributed by atoms with van der Waals surface area (Å²) in [7, 11) is -4.67. The molecular weight excluding hydrogens is 397 g/mol. The molecule has 0 saturated carbocycles. The van der Waals surface area contributed by atoms with Crippen molar-refractivity contribution in [2.45, 2.75) is 0 Å². The molecule has 19 nitrogen and oxygen atoms in total. The minimum Gasteiger partial charge on any atom is -1.00 e. The predicted molar refractivity (Wildman–Crippen MR) is 84.2 cm³/mol. The van der Waals surface area contributed by atoms with Crippen molar-refractivity contribution in [3.8, 4) is 0 Å². The first-order valence-electron chi connectivity index (χ1n) is 1.35. The van der Waals surface area contributed by atoms with E-state index in [-0.39, 0.29) is 118 Å². The Labute approximate surface area is 166 Å². The van der Waals surface area contributed by atoms with Gasteiger partial charge in [-0.25, -0.2) is 4.79 Å². The molecule has 0 heterocycles. The molecule has 0 atom stereocenters. The molecule has 0 aliphatic rings. The van der Waals surface area contributed by atoms with Crippen molar-refractivity contribution < 1.29 is 104 Å². The minimum atomic E-state index is -4.67. The maximum Gasteiger partial charge on any atom is 2.00 e. The van der Waals surface area contributed by atoms with E-state index in [2.05, 4.69) is 0 Å². The molecule has 28 N–H and O–H groups in total. The number of carbonyl (C=O) groups is 1. The van der Waals surface area contributed by atoms with Gasteiger partial charge in [-0.15, -0.1) is 0 Å². The molecule has 0 bridgehead atoms. The van der Waals surface area contributed by atoms with E-state index >= 15 is 0 Å². The smallest absolute Gasteiger partial charge is 1.00 e. The first-order chi connectivity index (χ1) is 3.73. The Morgan fingerprint density at radius 1 is 0.565 bits per heavy atom. The van der Waals surface area contributed by atoms with Crippen molar-refractivity contribution in [3.05, 3.63) is 0 Å². The standard InChI is InChI=1S/CH2O3.2Mg.H2O4S.12H2O.4H/c2-1(3)4;;;1-5(2,3)4;;;;;;;;;;;;;;;;/h(H2,2,3,4);;;(H2,1,2,3,4);12*1H2;;;;/q;2*+2;;;;;;;;;;;;;;4*-1. The summed E-state index contributed by atoms with van der Waals surface area (Å²) in [6.07, 6.45) is -1.83. The van der Waals surface area contributed by atoms with Gasteiger partial charge in [-0.3, -0.25) is 9.11 Å². The van der Waals surface area contributed by atoms with E-state index in [1.165, 1.54) is 0 Å². The van der Waals surface area contributed by atoms with Gasteiger partial charge in [0, 0.05) is 0 Å². The van der Waals surface area contributed by atoms with Crippen molar-refractivity contribution in [1.82, 2.24) is 0 Å². The van der Waals surface area contributed by atoms with E-state index in [1.807, 2.05) is 0 Å². The first kappa shape index (κ1) is 221. The Morgan fingerprint density at radius 3 is 0.565 bits per heavy atom. The molecule has 0 aromatic rings. The zero-order valence-electron chi connectivity index (χ0n) is 15.3. The van der Waals surface area contributed by atoms with Gasteiger partial charge < -0.3 is 81.6 Å². The number of hydrogen-bond donors (Lipinski definition) is 4. The van der Waals surface area contributed by atoms with Gasteiger partial charge in [0.25, 0.3) is 0 Å². The normalized spacial score (nSPS) is 3.57. The Morgan fingerprint density at radius 2 is 0.565 bits per heavy atom. The molecule has 0 spiro atoms. The van der Waals surface area contributed by atoms with Crippen LogP contribution in [-0.2, 0) is 10.4 Å². The molecule has 0 aliphatic carbocycles. The molecule has 0 rings (SSSR count). The summed E-state index contributed by atoms with van der Waals surface area (Å²) in [5.74, 6) is 0. The van der Waals surface area contributed by atoms with Crippen LogP contribution >= 0.6 is 0 Å². The van der Waals surface area contributed by atoms with Crippen LogP contribution in [0.25, 0.3) is 0 Å². The largest absolute Gasteiger partial charge is 2.00 e. The summed E-state index contributed by atoms with van der Waals surface area (Å²) in [6, 6.07) is 0. The molecule has 0 saturated heterocycles. The van der Waals surface area contributed by atoms with Crippen LogP contribution in [0.15, 0.2) is 0 Å². The molecule has 22 heteroatoms. The van der Waals surface area contributed by atoms with E-state index < -0.39 is 16.6 Å². The Balaban J connectivity index is -0.00000000121. The van der Waals surface area contributed by atoms with E-state index in [4.69, 9.17) is 32.5 Å². The molecular formula is CH32Mg2O19S. The zero-order chi connectivity index (χ0) is 8.08. The van der Waals surface area contributed by atoms with Crippen LogP contribution in [0.1, 0.15) is 5.71 Å². The Hall–Kier alpha value is 0.192. The van der Waals surface area contributed by atoms with Crippen LogP contribution < -0.4 is 0 Å². The SMILES string of the molecule is O.O.O.O.O.O.O.O.O.O.O.O.O=C(O)O.O=S(=O)(O)O.[H-].[H-].[H-].[H-].[Mg+2].[Mg+2]. The zero-order valence-corrected chi connectivity index (χ0v) is 15.0. The van der Waals surface area contributed by atoms with Gasteiger partial charge in [-0.05, 0) is 0 Å². The predicted octanol–water partition coefficient (Wildman–Crippen LogP) is -10.6. The second-order valence-electron chi connectivity index (χ2n) is 0.730. The van der Waals surface area contributed by atoms with E-state index in [9.17, 15) is 0 Å². The Kier molecular flexibility index (Phi) is 1130. The molecule has 0 amide bonds. The maximum absolute atomic E-state index is 8.74. The van der Waals surface area contributed by atoms with E-state index in [0.717, 1.165) is 0 Å². The summed E-state index contributed by atoms with van der Waals surface area (Å²) in [6.45, 7) is 0. The summed E-state index contributed by atoms with van der Waals surface area (Å²) in [5.41, 5.74) is 0. The van der Waals surface area contributed by atoms with Gasteiger partial charge in [0.15, 0.2) is 0 Å². The van der Waals surface area contributed by atoms with Crippen molar-refractivity contribution in [2.75, 3.05) is 0 Å². The topological polar surface area (TPSA) is 510 Å². The van der Waals surface area contributed by atoms with Gasteiger partial charge in [0.05, 0.1) is 0 Å². The van der Waals surface area contributed by atoms with E-state index in [1.54, 1.807) is 0 Å². The van der Waals surface area contributed by atoms with Crippen LogP contribution in [-0.4, -0.2) is 146 Å². The van der Waals surface area contributed by atoms with Crippen molar-refractivity contribution >= 4 is 62.7 Å². The summed E-state index contributed by atoms with van der Waals surface area (Å²) in [4.78, 5) is 8.56. The van der Waals surface area contributed by atoms with Crippen LogP contribution in [0.5, 0.6) is 0 Å². The van der Waals surface area contributed by atoms with Crippen molar-refractivity contribution in [1.29, 1.82) is 0 Å². The summed E-state index contributed by atoms with van der Waals surface area (Å²) >= 11 is 0. The van der Waals surface area contributed by atoms with Gasteiger partial charge in [-0.1, -0.05) is 0 Å². The van der Waals surface area contributed by atoms with Gasteiger partial charge in [-0.2, -0.15) is 8.42 Å². The van der Waals surface area contributed by atoms with Gasteiger partial charge in [0.2, 0.25) is 0 Å². The van der Waals surface area contributed by atoms with Crippen molar-refractivity contribution in [2.24, 2.45) is 0 Å². The quantitative estimate of drug-likeness (QED) is 0.212. The molecule has 0 aliphatic heterocycles. The summed E-state index contributed by atoms with van der Waals surface area (Å²) in [5, 5.41) is 13.9. The second kappa shape index (κ2) is 118. The fourth-order valence-corrected chi connectivity index (χ4v) is 0.